The highest BCUT2D eigenvalue weighted by atomic mass is 35.5. The zero-order valence-corrected chi connectivity index (χ0v) is 19.1. The molecule has 1 heterocycles. The van der Waals surface area contributed by atoms with Crippen LogP contribution in [0, 0.1) is 5.82 Å². The molecular weight excluding hydrogens is 467 g/mol. The highest BCUT2D eigenvalue weighted by Gasteiger charge is 2.13. The Hall–Kier alpha value is -3.56. The molecule has 7 nitrogen and oxygen atoms in total. The molecule has 168 valence electrons. The van der Waals surface area contributed by atoms with Gasteiger partial charge in [-0.25, -0.2) is 19.2 Å². The molecule has 33 heavy (non-hydrogen) atoms. The zero-order valence-electron chi connectivity index (χ0n) is 17.6. The summed E-state index contributed by atoms with van der Waals surface area (Å²) in [4.78, 5) is 21.9. The molecule has 0 aliphatic carbocycles. The molecule has 0 bridgehead atoms. The van der Waals surface area contributed by atoms with Crippen molar-refractivity contribution >= 4 is 51.7 Å². The molecular formula is C23H18ClFN4O3S. The van der Waals surface area contributed by atoms with Crippen molar-refractivity contribution in [1.82, 2.24) is 9.97 Å². The maximum absolute atomic E-state index is 13.3. The van der Waals surface area contributed by atoms with E-state index in [1.807, 2.05) is 24.3 Å². The molecule has 0 unspecified atom stereocenters. The number of methoxy groups -OCH3 is 2. The van der Waals surface area contributed by atoms with Gasteiger partial charge in [0.15, 0.2) is 11.5 Å². The molecule has 0 fully saturated rings. The van der Waals surface area contributed by atoms with Crippen LogP contribution in [-0.2, 0) is 0 Å². The summed E-state index contributed by atoms with van der Waals surface area (Å²) in [6.45, 7) is 0. The zero-order chi connectivity index (χ0) is 23.4. The number of carbonyl (C=O) groups is 1. The Kier molecular flexibility index (Phi) is 6.81. The van der Waals surface area contributed by atoms with E-state index < -0.39 is 11.8 Å². The van der Waals surface area contributed by atoms with Crippen LogP contribution in [0.1, 0.15) is 0 Å². The van der Waals surface area contributed by atoms with E-state index in [4.69, 9.17) is 21.1 Å². The molecule has 3 aromatic carbocycles. The summed E-state index contributed by atoms with van der Waals surface area (Å²) in [5.41, 5.74) is 1.67. The number of benzene rings is 3. The summed E-state index contributed by atoms with van der Waals surface area (Å²) in [6, 6.07) is 14.4. The molecule has 2 N–H and O–H groups in total. The first kappa shape index (κ1) is 22.6. The Morgan fingerprint density at radius 3 is 2.42 bits per heavy atom. The molecule has 0 saturated carbocycles. The van der Waals surface area contributed by atoms with Crippen molar-refractivity contribution in [2.75, 3.05) is 24.9 Å². The topological polar surface area (TPSA) is 85.4 Å². The van der Waals surface area contributed by atoms with Crippen LogP contribution < -0.4 is 20.1 Å². The number of nitrogens with zero attached hydrogens (tertiary/aromatic N) is 2. The predicted octanol–water partition coefficient (Wildman–Crippen LogP) is 6.23. The summed E-state index contributed by atoms with van der Waals surface area (Å²) in [6.07, 6.45) is 1.49. The number of carbonyl (C=O) groups excluding carboxylic acids is 1. The normalized spacial score (nSPS) is 10.7. The summed E-state index contributed by atoms with van der Waals surface area (Å²) >= 11 is 7.18. The fraction of sp³-hybridized carbons (Fsp3) is 0.0870. The number of aromatic nitrogens is 2. The van der Waals surface area contributed by atoms with Crippen LogP contribution in [0.3, 0.4) is 0 Å². The lowest BCUT2D eigenvalue weighted by molar-refractivity contribution is 0.262. The Labute approximate surface area is 198 Å². The third kappa shape index (κ3) is 5.27. The summed E-state index contributed by atoms with van der Waals surface area (Å²) < 4.78 is 24.0. The first-order valence-corrected chi connectivity index (χ1v) is 10.8. The molecule has 1 aromatic heterocycles. The monoisotopic (exact) mass is 484 g/mol. The van der Waals surface area contributed by atoms with E-state index in [1.54, 1.807) is 26.4 Å². The summed E-state index contributed by atoms with van der Waals surface area (Å²) in [5.74, 6) is 0.606. The van der Waals surface area contributed by atoms with E-state index in [2.05, 4.69) is 20.6 Å². The maximum Gasteiger partial charge on any atom is 0.323 e. The van der Waals surface area contributed by atoms with Crippen molar-refractivity contribution in [1.29, 1.82) is 0 Å². The van der Waals surface area contributed by atoms with Crippen molar-refractivity contribution in [3.05, 3.63) is 71.8 Å². The second-order valence-corrected chi connectivity index (χ2v) is 8.21. The van der Waals surface area contributed by atoms with Gasteiger partial charge in [-0.05, 0) is 42.5 Å². The Morgan fingerprint density at radius 2 is 1.70 bits per heavy atom. The minimum absolute atomic E-state index is 0.0717. The average Bonchev–Trinajstić information content (AvgIpc) is 2.81. The summed E-state index contributed by atoms with van der Waals surface area (Å²) in [5, 5.41) is 6.84. The number of fused-ring (bicyclic) bond motifs is 1. The second kappa shape index (κ2) is 9.93. The molecule has 0 saturated heterocycles. The SMILES string of the molecule is COc1cc2ncnc(Sc3cccc(NC(=O)Nc4ccc(F)c(Cl)c4)c3)c2cc1OC. The molecule has 0 spiro atoms. The molecule has 2 amide bonds. The number of nitrogens with one attached hydrogen (secondary N) is 2. The van der Waals surface area contributed by atoms with Crippen molar-refractivity contribution in [3.8, 4) is 11.5 Å². The van der Waals surface area contributed by atoms with Crippen LogP contribution in [0.25, 0.3) is 10.9 Å². The van der Waals surface area contributed by atoms with Crippen molar-refractivity contribution in [2.45, 2.75) is 9.92 Å². The molecule has 0 aliphatic rings. The van der Waals surface area contributed by atoms with Gasteiger partial charge in [-0.1, -0.05) is 29.4 Å². The van der Waals surface area contributed by atoms with Gasteiger partial charge >= 0.3 is 6.03 Å². The Bertz CT molecular complexity index is 1340. The van der Waals surface area contributed by atoms with E-state index in [0.29, 0.717) is 22.9 Å². The van der Waals surface area contributed by atoms with E-state index in [1.165, 1.54) is 36.3 Å². The lowest BCUT2D eigenvalue weighted by Gasteiger charge is -2.11. The van der Waals surface area contributed by atoms with Crippen LogP contribution >= 0.6 is 23.4 Å². The van der Waals surface area contributed by atoms with Gasteiger partial charge in [0, 0.05) is 27.7 Å². The van der Waals surface area contributed by atoms with E-state index in [-0.39, 0.29) is 5.02 Å². The number of hydrogen-bond acceptors (Lipinski definition) is 6. The lowest BCUT2D eigenvalue weighted by Crippen LogP contribution is -2.19. The van der Waals surface area contributed by atoms with Crippen LogP contribution in [0.5, 0.6) is 11.5 Å². The minimum atomic E-state index is -0.555. The van der Waals surface area contributed by atoms with Crippen molar-refractivity contribution < 1.29 is 18.7 Å². The standard InChI is InChI=1S/C23H18ClFN4O3S/c1-31-20-10-16-19(11-21(20)32-2)26-12-27-22(16)33-15-5-3-4-13(8-15)28-23(30)29-14-6-7-18(25)17(24)9-14/h3-12H,1-2H3,(H2,28,29,30). The summed E-state index contributed by atoms with van der Waals surface area (Å²) in [7, 11) is 3.14. The predicted molar refractivity (Wildman–Crippen MR) is 127 cm³/mol. The molecule has 4 rings (SSSR count). The van der Waals surface area contributed by atoms with E-state index in [0.717, 1.165) is 20.8 Å². The van der Waals surface area contributed by atoms with Gasteiger partial charge in [-0.15, -0.1) is 0 Å². The first-order chi connectivity index (χ1) is 16.0. The Balaban J connectivity index is 1.53. The van der Waals surface area contributed by atoms with E-state index in [9.17, 15) is 9.18 Å². The first-order valence-electron chi connectivity index (χ1n) is 9.64. The van der Waals surface area contributed by atoms with Crippen LogP contribution in [0.4, 0.5) is 20.6 Å². The van der Waals surface area contributed by atoms with Gasteiger partial charge in [-0.3, -0.25) is 0 Å². The fourth-order valence-corrected chi connectivity index (χ4v) is 4.17. The highest BCUT2D eigenvalue weighted by Crippen LogP contribution is 2.37. The number of urea groups is 1. The van der Waals surface area contributed by atoms with Crippen LogP contribution in [0.15, 0.2) is 70.8 Å². The van der Waals surface area contributed by atoms with Gasteiger partial charge in [0.25, 0.3) is 0 Å². The molecule has 4 aromatic rings. The van der Waals surface area contributed by atoms with Gasteiger partial charge in [-0.2, -0.15) is 0 Å². The van der Waals surface area contributed by atoms with Gasteiger partial charge in [0.2, 0.25) is 0 Å². The quantitative estimate of drug-likeness (QED) is 0.315. The molecule has 0 aliphatic heterocycles. The number of ether oxygens (including phenoxy) is 2. The number of rotatable bonds is 6. The van der Waals surface area contributed by atoms with Crippen molar-refractivity contribution in [3.63, 3.8) is 0 Å². The Morgan fingerprint density at radius 1 is 0.970 bits per heavy atom. The second-order valence-electron chi connectivity index (χ2n) is 6.74. The fourth-order valence-electron chi connectivity index (χ4n) is 3.06. The van der Waals surface area contributed by atoms with Crippen LogP contribution in [-0.4, -0.2) is 30.2 Å². The lowest BCUT2D eigenvalue weighted by atomic mass is 10.2. The largest absolute Gasteiger partial charge is 0.493 e. The van der Waals surface area contributed by atoms with Crippen molar-refractivity contribution in [2.24, 2.45) is 0 Å². The van der Waals surface area contributed by atoms with Gasteiger partial charge < -0.3 is 20.1 Å². The molecule has 0 radical (unpaired) electrons. The molecule has 10 heteroatoms. The number of halogens is 2. The molecule has 0 atom stereocenters. The number of anilines is 2. The third-order valence-electron chi connectivity index (χ3n) is 4.59. The van der Waals surface area contributed by atoms with E-state index >= 15 is 0 Å². The van der Waals surface area contributed by atoms with Gasteiger partial charge in [0.05, 0.1) is 24.8 Å². The van der Waals surface area contributed by atoms with Gasteiger partial charge in [0.1, 0.15) is 17.2 Å². The van der Waals surface area contributed by atoms with Crippen LogP contribution in [0.2, 0.25) is 5.02 Å². The number of amides is 2. The highest BCUT2D eigenvalue weighted by molar-refractivity contribution is 7.99. The number of hydrogen-bond donors (Lipinski definition) is 2. The third-order valence-corrected chi connectivity index (χ3v) is 5.89. The smallest absolute Gasteiger partial charge is 0.323 e. The minimum Gasteiger partial charge on any atom is -0.493 e. The average molecular weight is 485 g/mol. The maximum atomic E-state index is 13.3.